The largest absolute Gasteiger partial charge is 0.472 e. The molecule has 0 spiro atoms. The lowest BCUT2D eigenvalue weighted by Crippen LogP contribution is -2.57. The Bertz CT molecular complexity index is 691. The first kappa shape index (κ1) is 15.9. The van der Waals surface area contributed by atoms with E-state index in [2.05, 4.69) is 13.8 Å². The summed E-state index contributed by atoms with van der Waals surface area (Å²) in [6.45, 7) is 6.53. The third-order valence-corrected chi connectivity index (χ3v) is 7.20. The van der Waals surface area contributed by atoms with Crippen LogP contribution in [-0.2, 0) is 9.53 Å². The van der Waals surface area contributed by atoms with Gasteiger partial charge in [-0.25, -0.2) is 0 Å². The average Bonchev–Trinajstić information content (AvgIpc) is 3.07. The zero-order valence-electron chi connectivity index (χ0n) is 14.7. The minimum atomic E-state index is -0.532. The van der Waals surface area contributed by atoms with E-state index in [0.29, 0.717) is 0 Å². The van der Waals surface area contributed by atoms with E-state index in [0.717, 1.165) is 37.7 Å². The zero-order chi connectivity index (χ0) is 17.2. The van der Waals surface area contributed by atoms with Crippen LogP contribution in [-0.4, -0.2) is 17.2 Å². The summed E-state index contributed by atoms with van der Waals surface area (Å²) in [6.07, 6.45) is 8.97. The second-order valence-corrected chi connectivity index (χ2v) is 8.57. The Labute approximate surface area is 142 Å². The number of ether oxygens (including phenoxy) is 1. The molecule has 5 atom stereocenters. The van der Waals surface area contributed by atoms with E-state index >= 15 is 0 Å². The van der Waals surface area contributed by atoms with E-state index in [4.69, 9.17) is 9.15 Å². The lowest BCUT2D eigenvalue weighted by atomic mass is 9.45. The Kier molecular flexibility index (Phi) is 3.31. The summed E-state index contributed by atoms with van der Waals surface area (Å²) in [6, 6.07) is 1.87. The Hall–Kier alpha value is -1.55. The highest BCUT2D eigenvalue weighted by atomic mass is 16.5. The highest BCUT2D eigenvalue weighted by molar-refractivity contribution is 5.80. The minimum Gasteiger partial charge on any atom is -0.472 e. The Balaban J connectivity index is 1.82. The second-order valence-electron chi connectivity index (χ2n) is 8.57. The van der Waals surface area contributed by atoms with Crippen LogP contribution >= 0.6 is 0 Å². The van der Waals surface area contributed by atoms with E-state index in [1.54, 1.807) is 12.5 Å². The minimum absolute atomic E-state index is 0.0755. The maximum atomic E-state index is 13.0. The van der Waals surface area contributed by atoms with Crippen molar-refractivity contribution in [3.8, 4) is 0 Å². The summed E-state index contributed by atoms with van der Waals surface area (Å²) < 4.78 is 11.0. The van der Waals surface area contributed by atoms with E-state index in [-0.39, 0.29) is 22.9 Å². The monoisotopic (exact) mass is 330 g/mol. The lowest BCUT2D eigenvalue weighted by molar-refractivity contribution is -0.191. The molecule has 2 heterocycles. The van der Waals surface area contributed by atoms with E-state index in [1.165, 1.54) is 5.57 Å². The molecule has 1 N–H and O–H groups in total. The molecule has 24 heavy (non-hydrogen) atoms. The molecule has 4 heteroatoms. The SMILES string of the molecule is C[C@]12CC[C@H](O)C=C1[C@@]1(C)C[C@@H](c3ccoc3)OC(=O)[C@]1(C)CC2. The maximum Gasteiger partial charge on any atom is 0.313 e. The number of cyclic esters (lactones) is 1. The van der Waals surface area contributed by atoms with Crippen LogP contribution in [0.4, 0.5) is 0 Å². The number of furan rings is 1. The molecule has 3 aliphatic rings. The lowest BCUT2D eigenvalue weighted by Gasteiger charge is -2.60. The van der Waals surface area contributed by atoms with Crippen molar-refractivity contribution in [2.24, 2.45) is 16.2 Å². The summed E-state index contributed by atoms with van der Waals surface area (Å²) in [5.74, 6) is -0.120. The fraction of sp³-hybridized carbons (Fsp3) is 0.650. The number of aliphatic hydroxyl groups is 1. The van der Waals surface area contributed by atoms with Gasteiger partial charge in [-0.1, -0.05) is 25.5 Å². The maximum absolute atomic E-state index is 13.0. The van der Waals surface area contributed by atoms with E-state index in [1.807, 2.05) is 19.1 Å². The van der Waals surface area contributed by atoms with Crippen LogP contribution < -0.4 is 0 Å². The van der Waals surface area contributed by atoms with Gasteiger partial charge in [0.15, 0.2) is 0 Å². The summed E-state index contributed by atoms with van der Waals surface area (Å²) in [7, 11) is 0. The van der Waals surface area contributed by atoms with Gasteiger partial charge in [-0.05, 0) is 50.5 Å². The van der Waals surface area contributed by atoms with Crippen molar-refractivity contribution in [1.29, 1.82) is 0 Å². The number of fused-ring (bicyclic) bond motifs is 3. The molecule has 4 nitrogen and oxygen atoms in total. The van der Waals surface area contributed by atoms with Crippen molar-refractivity contribution in [3.05, 3.63) is 35.8 Å². The molecule has 0 aromatic carbocycles. The van der Waals surface area contributed by atoms with Crippen LogP contribution in [0.5, 0.6) is 0 Å². The van der Waals surface area contributed by atoms with Gasteiger partial charge in [-0.3, -0.25) is 4.79 Å². The predicted molar refractivity (Wildman–Crippen MR) is 89.0 cm³/mol. The van der Waals surface area contributed by atoms with Gasteiger partial charge >= 0.3 is 5.97 Å². The molecule has 1 saturated heterocycles. The Morgan fingerprint density at radius 1 is 1.17 bits per heavy atom. The average molecular weight is 330 g/mol. The predicted octanol–water partition coefficient (Wildman–Crippen LogP) is 4.16. The van der Waals surface area contributed by atoms with Crippen molar-refractivity contribution in [1.82, 2.24) is 0 Å². The van der Waals surface area contributed by atoms with Crippen molar-refractivity contribution >= 4 is 5.97 Å². The number of carbonyl (C=O) groups is 1. The third-order valence-electron chi connectivity index (χ3n) is 7.20. The summed E-state index contributed by atoms with van der Waals surface area (Å²) in [5, 5.41) is 10.3. The summed E-state index contributed by atoms with van der Waals surface area (Å²) in [4.78, 5) is 13.0. The van der Waals surface area contributed by atoms with Gasteiger partial charge in [0.25, 0.3) is 0 Å². The second kappa shape index (κ2) is 4.98. The van der Waals surface area contributed by atoms with Crippen molar-refractivity contribution in [2.75, 3.05) is 0 Å². The molecule has 0 bridgehead atoms. The number of rotatable bonds is 1. The molecular weight excluding hydrogens is 304 g/mol. The first-order chi connectivity index (χ1) is 11.3. The fourth-order valence-corrected chi connectivity index (χ4v) is 5.27. The van der Waals surface area contributed by atoms with Crippen LogP contribution in [0.1, 0.15) is 64.5 Å². The molecular formula is C20H26O4. The fourth-order valence-electron chi connectivity index (χ4n) is 5.27. The van der Waals surface area contributed by atoms with Crippen molar-refractivity contribution in [2.45, 2.75) is 65.1 Å². The molecule has 2 fully saturated rings. The molecule has 130 valence electrons. The summed E-state index contributed by atoms with van der Waals surface area (Å²) in [5.41, 5.74) is 1.41. The molecule has 1 aliphatic heterocycles. The van der Waals surface area contributed by atoms with Gasteiger partial charge in [-0.2, -0.15) is 0 Å². The molecule has 1 aromatic rings. The van der Waals surface area contributed by atoms with Crippen LogP contribution in [0.25, 0.3) is 0 Å². The molecule has 2 aliphatic carbocycles. The van der Waals surface area contributed by atoms with Crippen LogP contribution in [0, 0.1) is 16.2 Å². The summed E-state index contributed by atoms with van der Waals surface area (Å²) >= 11 is 0. The molecule has 4 rings (SSSR count). The molecule has 0 amide bonds. The van der Waals surface area contributed by atoms with E-state index < -0.39 is 11.5 Å². The Morgan fingerprint density at radius 3 is 2.67 bits per heavy atom. The highest BCUT2D eigenvalue weighted by Gasteiger charge is 2.63. The molecule has 0 radical (unpaired) electrons. The van der Waals surface area contributed by atoms with Gasteiger partial charge in [-0.15, -0.1) is 0 Å². The van der Waals surface area contributed by atoms with Crippen molar-refractivity contribution in [3.63, 3.8) is 0 Å². The number of hydrogen-bond acceptors (Lipinski definition) is 4. The smallest absolute Gasteiger partial charge is 0.313 e. The topological polar surface area (TPSA) is 59.7 Å². The van der Waals surface area contributed by atoms with Gasteiger partial charge in [0, 0.05) is 11.0 Å². The third kappa shape index (κ3) is 1.98. The zero-order valence-corrected chi connectivity index (χ0v) is 14.7. The van der Waals surface area contributed by atoms with Gasteiger partial charge in [0.05, 0.1) is 24.0 Å². The van der Waals surface area contributed by atoms with Gasteiger partial charge in [0.2, 0.25) is 0 Å². The standard InChI is InChI=1S/C20H26O4/c1-18-6-4-14(21)10-16(18)20(3)11-15(13-5-9-23-12-13)24-17(22)19(20,2)8-7-18/h5,9-10,12,14-15,21H,4,6-8,11H2,1-3H3/t14-,15-,18+,19-,20+/m0/s1. The number of hydrogen-bond donors (Lipinski definition) is 1. The first-order valence-electron chi connectivity index (χ1n) is 8.93. The van der Waals surface area contributed by atoms with Crippen LogP contribution in [0.3, 0.4) is 0 Å². The van der Waals surface area contributed by atoms with E-state index in [9.17, 15) is 9.90 Å². The van der Waals surface area contributed by atoms with Crippen LogP contribution in [0.2, 0.25) is 0 Å². The molecule has 1 aromatic heterocycles. The van der Waals surface area contributed by atoms with Gasteiger partial charge in [0.1, 0.15) is 6.10 Å². The quantitative estimate of drug-likeness (QED) is 0.620. The number of esters is 1. The molecule has 0 unspecified atom stereocenters. The molecule has 1 saturated carbocycles. The normalized spacial score (nSPS) is 45.0. The van der Waals surface area contributed by atoms with Gasteiger partial charge < -0.3 is 14.3 Å². The van der Waals surface area contributed by atoms with Crippen LogP contribution in [0.15, 0.2) is 34.7 Å². The highest BCUT2D eigenvalue weighted by Crippen LogP contribution is 2.67. The number of aliphatic hydroxyl groups excluding tert-OH is 1. The van der Waals surface area contributed by atoms with Crippen molar-refractivity contribution < 1.29 is 19.1 Å². The first-order valence-corrected chi connectivity index (χ1v) is 8.93. The number of allylic oxidation sites excluding steroid dienone is 1. The number of carbonyl (C=O) groups excluding carboxylic acids is 1. The Morgan fingerprint density at radius 2 is 1.96 bits per heavy atom.